The molecule has 1 aliphatic rings. The fraction of sp³-hybridized carbons (Fsp3) is 0.167. The minimum absolute atomic E-state index is 0.251. The molecule has 1 amide bonds. The number of rotatable bonds is 5. The van der Waals surface area contributed by atoms with E-state index >= 15 is 0 Å². The van der Waals surface area contributed by atoms with Crippen LogP contribution in [0.1, 0.15) is 27.9 Å². The molecule has 130 valence electrons. The predicted molar refractivity (Wildman–Crippen MR) is 95.3 cm³/mol. The maximum atomic E-state index is 12.4. The predicted octanol–water partition coefficient (Wildman–Crippen LogP) is 2.25. The third-order valence-electron chi connectivity index (χ3n) is 4.01. The molecular weight excluding hydrogens is 340 g/mol. The molecule has 7 heteroatoms. The number of nitrogens with one attached hydrogen (secondary N) is 2. The fourth-order valence-corrected chi connectivity index (χ4v) is 3.62. The van der Waals surface area contributed by atoms with Crippen molar-refractivity contribution in [3.63, 3.8) is 0 Å². The van der Waals surface area contributed by atoms with Crippen LogP contribution in [0.3, 0.4) is 0 Å². The fourth-order valence-electron chi connectivity index (χ4n) is 2.61. The Balaban J connectivity index is 1.70. The Morgan fingerprint density at radius 3 is 2.48 bits per heavy atom. The molecule has 2 aromatic rings. The molecular formula is C18H18N2O4S. The van der Waals surface area contributed by atoms with Crippen LogP contribution in [-0.4, -0.2) is 21.4 Å². The summed E-state index contributed by atoms with van der Waals surface area (Å²) in [4.78, 5) is 14.5. The van der Waals surface area contributed by atoms with Crippen LogP contribution in [0, 0.1) is 0 Å². The van der Waals surface area contributed by atoms with Crippen LogP contribution >= 0.6 is 0 Å². The highest BCUT2D eigenvalue weighted by atomic mass is 32.2. The number of fused-ring (bicyclic) bond motifs is 1. The molecule has 0 aliphatic heterocycles. The monoisotopic (exact) mass is 358 g/mol. The molecule has 0 radical (unpaired) electrons. The summed E-state index contributed by atoms with van der Waals surface area (Å²) in [6.07, 6.45) is 2.68. The summed E-state index contributed by atoms with van der Waals surface area (Å²) in [5.41, 5.74) is 4.56. The molecule has 2 N–H and O–H groups in total. The van der Waals surface area contributed by atoms with Crippen LogP contribution in [0.5, 0.6) is 5.75 Å². The van der Waals surface area contributed by atoms with E-state index in [1.807, 2.05) is 24.3 Å². The molecule has 0 heterocycles. The number of aryl methyl sites for hydroxylation is 1. The maximum Gasteiger partial charge on any atom is 0.266 e. The van der Waals surface area contributed by atoms with E-state index in [-0.39, 0.29) is 4.91 Å². The summed E-state index contributed by atoms with van der Waals surface area (Å²) >= 11 is 0. The molecule has 2 aromatic carbocycles. The van der Waals surface area contributed by atoms with Crippen molar-refractivity contribution in [3.05, 3.63) is 70.1 Å². The Morgan fingerprint density at radius 2 is 1.76 bits per heavy atom. The van der Waals surface area contributed by atoms with Crippen molar-refractivity contribution >= 4 is 22.0 Å². The van der Waals surface area contributed by atoms with E-state index in [4.69, 9.17) is 4.74 Å². The maximum absolute atomic E-state index is 12.4. The number of carbonyl (C=O) groups excluding carboxylic acids is 1. The van der Waals surface area contributed by atoms with Gasteiger partial charge in [-0.25, -0.2) is 8.42 Å². The standard InChI is InChI=1S/C18H18N2O4S/c1-24-16-9-6-14(7-10-16)18(21)19-20-25(22,23)17-11-8-13-4-2-3-5-15(13)12-17/h2-7,9-10,12,20H,8,11H2,1H3,(H,19,21). The largest absolute Gasteiger partial charge is 0.497 e. The first-order chi connectivity index (χ1) is 12.0. The van der Waals surface area contributed by atoms with Crippen molar-refractivity contribution in [1.82, 2.24) is 10.3 Å². The van der Waals surface area contributed by atoms with Crippen LogP contribution in [0.2, 0.25) is 0 Å². The third kappa shape index (κ3) is 3.89. The van der Waals surface area contributed by atoms with Gasteiger partial charge in [-0.3, -0.25) is 10.2 Å². The zero-order chi connectivity index (χ0) is 17.9. The van der Waals surface area contributed by atoms with E-state index in [0.29, 0.717) is 24.2 Å². The average Bonchev–Trinajstić information content (AvgIpc) is 2.66. The first kappa shape index (κ1) is 17.2. The number of allylic oxidation sites excluding steroid dienone is 1. The van der Waals surface area contributed by atoms with Crippen molar-refractivity contribution < 1.29 is 17.9 Å². The second-order valence-electron chi connectivity index (χ2n) is 5.60. The summed E-state index contributed by atoms with van der Waals surface area (Å²) < 4.78 is 29.9. The van der Waals surface area contributed by atoms with Gasteiger partial charge in [0, 0.05) is 5.56 Å². The van der Waals surface area contributed by atoms with E-state index < -0.39 is 15.9 Å². The number of hydrazine groups is 1. The molecule has 1 aliphatic carbocycles. The van der Waals surface area contributed by atoms with Crippen LogP contribution in [0.15, 0.2) is 53.4 Å². The van der Waals surface area contributed by atoms with Crippen LogP contribution < -0.4 is 15.0 Å². The molecule has 0 atom stereocenters. The lowest BCUT2D eigenvalue weighted by atomic mass is 9.98. The van der Waals surface area contributed by atoms with Gasteiger partial charge in [-0.2, -0.15) is 0 Å². The van der Waals surface area contributed by atoms with Crippen molar-refractivity contribution in [3.8, 4) is 5.75 Å². The number of ether oxygens (including phenoxy) is 1. The zero-order valence-corrected chi connectivity index (χ0v) is 14.5. The summed E-state index contributed by atoms with van der Waals surface area (Å²) in [7, 11) is -2.26. The number of benzene rings is 2. The van der Waals surface area contributed by atoms with Gasteiger partial charge < -0.3 is 4.74 Å². The van der Waals surface area contributed by atoms with Gasteiger partial charge in [0.15, 0.2) is 0 Å². The van der Waals surface area contributed by atoms with E-state index in [2.05, 4.69) is 10.3 Å². The summed E-state index contributed by atoms with van der Waals surface area (Å²) in [6, 6.07) is 14.0. The van der Waals surface area contributed by atoms with E-state index in [1.54, 1.807) is 30.3 Å². The molecule has 0 fully saturated rings. The molecule has 6 nitrogen and oxygen atoms in total. The highest BCUT2D eigenvalue weighted by Crippen LogP contribution is 2.26. The van der Waals surface area contributed by atoms with E-state index in [0.717, 1.165) is 11.1 Å². The van der Waals surface area contributed by atoms with Crippen molar-refractivity contribution in [2.24, 2.45) is 0 Å². The number of hydrogen-bond acceptors (Lipinski definition) is 4. The Bertz CT molecular complexity index is 918. The number of hydrogen-bond donors (Lipinski definition) is 2. The second-order valence-corrected chi connectivity index (χ2v) is 7.33. The molecule has 0 unspecified atom stereocenters. The molecule has 0 spiro atoms. The van der Waals surface area contributed by atoms with Gasteiger partial charge in [-0.05, 0) is 54.3 Å². The number of methoxy groups -OCH3 is 1. The average molecular weight is 358 g/mol. The normalized spacial score (nSPS) is 13.6. The molecule has 0 saturated heterocycles. The van der Waals surface area contributed by atoms with Gasteiger partial charge in [0.2, 0.25) is 0 Å². The SMILES string of the molecule is COc1ccc(C(=O)NNS(=O)(=O)C2=Cc3ccccc3CC2)cc1. The zero-order valence-electron chi connectivity index (χ0n) is 13.7. The summed E-state index contributed by atoms with van der Waals surface area (Å²) in [6.45, 7) is 0. The Labute approximate surface area is 146 Å². The van der Waals surface area contributed by atoms with Crippen LogP contribution in [0.25, 0.3) is 6.08 Å². The first-order valence-electron chi connectivity index (χ1n) is 7.74. The van der Waals surface area contributed by atoms with Gasteiger partial charge in [0.25, 0.3) is 15.9 Å². The first-order valence-corrected chi connectivity index (χ1v) is 9.22. The van der Waals surface area contributed by atoms with Crippen molar-refractivity contribution in [2.75, 3.05) is 7.11 Å². The van der Waals surface area contributed by atoms with Gasteiger partial charge >= 0.3 is 0 Å². The van der Waals surface area contributed by atoms with Gasteiger partial charge in [0.1, 0.15) is 5.75 Å². The number of carbonyl (C=O) groups is 1. The van der Waals surface area contributed by atoms with E-state index in [1.165, 1.54) is 7.11 Å². The number of amides is 1. The lowest BCUT2D eigenvalue weighted by Gasteiger charge is -2.17. The molecule has 0 bridgehead atoms. The third-order valence-corrected chi connectivity index (χ3v) is 5.39. The van der Waals surface area contributed by atoms with Gasteiger partial charge in [0.05, 0.1) is 12.0 Å². The topological polar surface area (TPSA) is 84.5 Å². The van der Waals surface area contributed by atoms with Crippen molar-refractivity contribution in [1.29, 1.82) is 0 Å². The molecule has 3 rings (SSSR count). The summed E-state index contributed by atoms with van der Waals surface area (Å²) in [5.74, 6) is 0.0752. The Hall–Kier alpha value is -2.64. The second kappa shape index (κ2) is 7.08. The Kier molecular flexibility index (Phi) is 4.87. The van der Waals surface area contributed by atoms with E-state index in [9.17, 15) is 13.2 Å². The van der Waals surface area contributed by atoms with Crippen LogP contribution in [-0.2, 0) is 16.4 Å². The highest BCUT2D eigenvalue weighted by Gasteiger charge is 2.22. The van der Waals surface area contributed by atoms with Crippen molar-refractivity contribution in [2.45, 2.75) is 12.8 Å². The van der Waals surface area contributed by atoms with Crippen LogP contribution in [0.4, 0.5) is 0 Å². The molecule has 0 saturated carbocycles. The molecule has 25 heavy (non-hydrogen) atoms. The van der Waals surface area contributed by atoms with Gasteiger partial charge in [-0.15, -0.1) is 4.83 Å². The lowest BCUT2D eigenvalue weighted by molar-refractivity contribution is 0.0945. The minimum Gasteiger partial charge on any atom is -0.497 e. The van der Waals surface area contributed by atoms with Gasteiger partial charge in [-0.1, -0.05) is 24.3 Å². The minimum atomic E-state index is -3.79. The highest BCUT2D eigenvalue weighted by molar-refractivity contribution is 7.93. The molecule has 0 aromatic heterocycles. The lowest BCUT2D eigenvalue weighted by Crippen LogP contribution is -2.42. The summed E-state index contributed by atoms with van der Waals surface area (Å²) in [5, 5.41) is 0. The quantitative estimate of drug-likeness (QED) is 0.803. The smallest absolute Gasteiger partial charge is 0.266 e. The Morgan fingerprint density at radius 1 is 1.04 bits per heavy atom. The number of sulfonamides is 1.